The Hall–Kier alpha value is -1.96. The van der Waals surface area contributed by atoms with Gasteiger partial charge in [0.2, 0.25) is 11.8 Å². The van der Waals surface area contributed by atoms with Crippen molar-refractivity contribution in [3.63, 3.8) is 0 Å². The van der Waals surface area contributed by atoms with Gasteiger partial charge in [0, 0.05) is 27.2 Å². The summed E-state index contributed by atoms with van der Waals surface area (Å²) in [5.41, 5.74) is 0.297. The molecule has 1 heterocycles. The number of hydrogen-bond acceptors (Lipinski definition) is 7. The standard InChI is InChI=1S/C13H23N5O3/c1-9(2)8-17(6-7-21-5)12-11(18(19)20)10(3)15-13(14-4)16-12/h9H,6-8H2,1-5H3,(H,14,15,16). The monoisotopic (exact) mass is 297 g/mol. The van der Waals surface area contributed by atoms with Gasteiger partial charge in [-0.05, 0) is 12.8 Å². The predicted octanol–water partition coefficient (Wildman–Crippen LogP) is 1.84. The van der Waals surface area contributed by atoms with E-state index in [2.05, 4.69) is 29.1 Å². The van der Waals surface area contributed by atoms with Gasteiger partial charge in [0.05, 0.1) is 11.5 Å². The van der Waals surface area contributed by atoms with Crippen LogP contribution in [0, 0.1) is 23.0 Å². The van der Waals surface area contributed by atoms with Crippen molar-refractivity contribution in [3.05, 3.63) is 15.8 Å². The molecule has 0 aliphatic carbocycles. The van der Waals surface area contributed by atoms with Crippen molar-refractivity contribution < 1.29 is 9.66 Å². The van der Waals surface area contributed by atoms with Crippen LogP contribution in [-0.4, -0.2) is 48.7 Å². The zero-order valence-electron chi connectivity index (χ0n) is 13.2. The minimum Gasteiger partial charge on any atom is -0.383 e. The first-order valence-electron chi connectivity index (χ1n) is 6.85. The van der Waals surface area contributed by atoms with Gasteiger partial charge in [-0.1, -0.05) is 13.8 Å². The summed E-state index contributed by atoms with van der Waals surface area (Å²) in [7, 11) is 3.29. The van der Waals surface area contributed by atoms with Gasteiger partial charge in [-0.2, -0.15) is 4.98 Å². The van der Waals surface area contributed by atoms with Gasteiger partial charge < -0.3 is 15.0 Å². The maximum absolute atomic E-state index is 11.4. The van der Waals surface area contributed by atoms with Crippen molar-refractivity contribution in [1.29, 1.82) is 0 Å². The van der Waals surface area contributed by atoms with Crippen LogP contribution in [0.4, 0.5) is 17.5 Å². The topological polar surface area (TPSA) is 93.4 Å². The maximum Gasteiger partial charge on any atom is 0.332 e. The van der Waals surface area contributed by atoms with Gasteiger partial charge in [0.15, 0.2) is 0 Å². The molecular formula is C13H23N5O3. The molecule has 0 bridgehead atoms. The average Bonchev–Trinajstić information content (AvgIpc) is 2.41. The van der Waals surface area contributed by atoms with Crippen LogP contribution >= 0.6 is 0 Å². The number of methoxy groups -OCH3 is 1. The molecule has 0 aliphatic heterocycles. The van der Waals surface area contributed by atoms with E-state index in [1.165, 1.54) is 0 Å². The van der Waals surface area contributed by atoms with Gasteiger partial charge in [-0.3, -0.25) is 10.1 Å². The molecule has 8 heteroatoms. The zero-order valence-corrected chi connectivity index (χ0v) is 13.2. The summed E-state index contributed by atoms with van der Waals surface area (Å²) < 4.78 is 5.09. The number of nitrogens with zero attached hydrogens (tertiary/aromatic N) is 4. The summed E-state index contributed by atoms with van der Waals surface area (Å²) in [6.45, 7) is 7.39. The maximum atomic E-state index is 11.4. The Labute approximate surface area is 124 Å². The average molecular weight is 297 g/mol. The van der Waals surface area contributed by atoms with Crippen LogP contribution in [0.15, 0.2) is 0 Å². The molecule has 0 atom stereocenters. The highest BCUT2D eigenvalue weighted by molar-refractivity contribution is 5.62. The lowest BCUT2D eigenvalue weighted by Gasteiger charge is -2.25. The molecule has 1 rings (SSSR count). The van der Waals surface area contributed by atoms with Crippen LogP contribution in [0.2, 0.25) is 0 Å². The largest absolute Gasteiger partial charge is 0.383 e. The van der Waals surface area contributed by atoms with E-state index in [1.807, 2.05) is 4.90 Å². The van der Waals surface area contributed by atoms with E-state index >= 15 is 0 Å². The molecule has 1 N–H and O–H groups in total. The number of anilines is 2. The second-order valence-electron chi connectivity index (χ2n) is 5.14. The van der Waals surface area contributed by atoms with Gasteiger partial charge >= 0.3 is 5.69 Å². The molecule has 0 amide bonds. The predicted molar refractivity (Wildman–Crippen MR) is 81.9 cm³/mol. The molecule has 118 valence electrons. The number of ether oxygens (including phenoxy) is 1. The van der Waals surface area contributed by atoms with Gasteiger partial charge in [-0.15, -0.1) is 0 Å². The third-order valence-electron chi connectivity index (χ3n) is 2.90. The Morgan fingerprint density at radius 3 is 2.57 bits per heavy atom. The van der Waals surface area contributed by atoms with Crippen LogP contribution in [0.3, 0.4) is 0 Å². The molecule has 0 fully saturated rings. The van der Waals surface area contributed by atoms with Crippen molar-refractivity contribution in [2.45, 2.75) is 20.8 Å². The second kappa shape index (κ2) is 7.72. The van der Waals surface area contributed by atoms with Crippen LogP contribution in [-0.2, 0) is 4.74 Å². The smallest absolute Gasteiger partial charge is 0.332 e. The second-order valence-corrected chi connectivity index (χ2v) is 5.14. The minimum absolute atomic E-state index is 0.0502. The number of rotatable bonds is 8. The molecule has 0 radical (unpaired) electrons. The lowest BCUT2D eigenvalue weighted by atomic mass is 10.2. The van der Waals surface area contributed by atoms with Crippen LogP contribution in [0.1, 0.15) is 19.5 Å². The summed E-state index contributed by atoms with van der Waals surface area (Å²) in [5.74, 6) is 1.05. The number of nitrogens with one attached hydrogen (secondary N) is 1. The first-order valence-corrected chi connectivity index (χ1v) is 6.85. The van der Waals surface area contributed by atoms with Crippen LogP contribution in [0.25, 0.3) is 0 Å². The van der Waals surface area contributed by atoms with Crippen molar-refractivity contribution in [1.82, 2.24) is 9.97 Å². The van der Waals surface area contributed by atoms with Gasteiger partial charge in [0.1, 0.15) is 5.69 Å². The Bertz CT molecular complexity index is 493. The highest BCUT2D eigenvalue weighted by atomic mass is 16.6. The van der Waals surface area contributed by atoms with E-state index < -0.39 is 4.92 Å². The molecule has 0 saturated heterocycles. The van der Waals surface area contributed by atoms with E-state index in [1.54, 1.807) is 21.1 Å². The molecular weight excluding hydrogens is 274 g/mol. The molecule has 8 nitrogen and oxygen atoms in total. The van der Waals surface area contributed by atoms with Crippen LogP contribution < -0.4 is 10.2 Å². The fraction of sp³-hybridized carbons (Fsp3) is 0.692. The van der Waals surface area contributed by atoms with E-state index in [0.29, 0.717) is 43.1 Å². The number of nitro groups is 1. The highest BCUT2D eigenvalue weighted by Crippen LogP contribution is 2.30. The number of hydrogen-bond donors (Lipinski definition) is 1. The molecule has 0 aromatic carbocycles. The third-order valence-corrected chi connectivity index (χ3v) is 2.90. The fourth-order valence-corrected chi connectivity index (χ4v) is 2.02. The number of aryl methyl sites for hydroxylation is 1. The van der Waals surface area contributed by atoms with Gasteiger partial charge in [0.25, 0.3) is 0 Å². The molecule has 0 aliphatic rings. The molecule has 1 aromatic rings. The van der Waals surface area contributed by atoms with E-state index in [4.69, 9.17) is 4.74 Å². The molecule has 21 heavy (non-hydrogen) atoms. The van der Waals surface area contributed by atoms with Gasteiger partial charge in [-0.25, -0.2) is 4.98 Å². The third kappa shape index (κ3) is 4.52. The van der Waals surface area contributed by atoms with Crippen LogP contribution in [0.5, 0.6) is 0 Å². The van der Waals surface area contributed by atoms with Crippen molar-refractivity contribution in [3.8, 4) is 0 Å². The Balaban J connectivity index is 3.31. The Morgan fingerprint density at radius 1 is 1.43 bits per heavy atom. The highest BCUT2D eigenvalue weighted by Gasteiger charge is 2.26. The number of aromatic nitrogens is 2. The minimum atomic E-state index is -0.426. The Kier molecular flexibility index (Phi) is 6.29. The molecule has 0 spiro atoms. The van der Waals surface area contributed by atoms with E-state index in [0.717, 1.165) is 0 Å². The van der Waals surface area contributed by atoms with E-state index in [9.17, 15) is 10.1 Å². The van der Waals surface area contributed by atoms with Crippen molar-refractivity contribution >= 4 is 17.5 Å². The lowest BCUT2D eigenvalue weighted by molar-refractivity contribution is -0.385. The van der Waals surface area contributed by atoms with Crippen molar-refractivity contribution in [2.75, 3.05) is 44.1 Å². The SMILES string of the molecule is CNc1nc(C)c([N+](=O)[O-])c(N(CCOC)CC(C)C)n1. The lowest BCUT2D eigenvalue weighted by Crippen LogP contribution is -2.32. The summed E-state index contributed by atoms with van der Waals surface area (Å²) in [6, 6.07) is 0. The van der Waals surface area contributed by atoms with Crippen molar-refractivity contribution in [2.24, 2.45) is 5.92 Å². The zero-order chi connectivity index (χ0) is 16.0. The first-order chi connectivity index (χ1) is 9.90. The van der Waals surface area contributed by atoms with E-state index in [-0.39, 0.29) is 5.69 Å². The summed E-state index contributed by atoms with van der Waals surface area (Å²) in [4.78, 5) is 21.2. The Morgan fingerprint density at radius 2 is 2.10 bits per heavy atom. The molecule has 1 aromatic heterocycles. The summed E-state index contributed by atoms with van der Waals surface area (Å²) in [6.07, 6.45) is 0. The fourth-order valence-electron chi connectivity index (χ4n) is 2.02. The molecule has 0 saturated carbocycles. The first kappa shape index (κ1) is 17.1. The summed E-state index contributed by atoms with van der Waals surface area (Å²) >= 11 is 0. The molecule has 0 unspecified atom stereocenters. The quantitative estimate of drug-likeness (QED) is 0.578. The summed E-state index contributed by atoms with van der Waals surface area (Å²) in [5, 5.41) is 14.2. The normalized spacial score (nSPS) is 10.8.